The van der Waals surface area contributed by atoms with E-state index in [9.17, 15) is 13.2 Å². The van der Waals surface area contributed by atoms with Gasteiger partial charge in [0.25, 0.3) is 0 Å². The molecule has 0 heterocycles. The second kappa shape index (κ2) is 3.62. The number of alkyl halides is 3. The molecular formula is C7H5F3S2. The lowest BCUT2D eigenvalue weighted by atomic mass is 10.2. The van der Waals surface area contributed by atoms with Crippen molar-refractivity contribution in [3.8, 4) is 0 Å². The highest BCUT2D eigenvalue weighted by atomic mass is 33.1. The Morgan fingerprint density at radius 3 is 2.42 bits per heavy atom. The average Bonchev–Trinajstić information content (AvgIpc) is 2.03. The molecule has 1 aromatic rings. The fourth-order valence-electron chi connectivity index (χ4n) is 0.729. The topological polar surface area (TPSA) is 0 Å². The fraction of sp³-hybridized carbons (Fsp3) is 0.143. The van der Waals surface area contributed by atoms with Crippen molar-refractivity contribution in [3.05, 3.63) is 29.8 Å². The Bertz CT molecular complexity index is 270. The molecule has 0 unspecified atom stereocenters. The Kier molecular flexibility index (Phi) is 2.95. The van der Waals surface area contributed by atoms with Crippen LogP contribution in [0.15, 0.2) is 29.2 Å². The van der Waals surface area contributed by atoms with Crippen LogP contribution in [-0.2, 0) is 6.18 Å². The maximum atomic E-state index is 12.1. The molecule has 0 fully saturated rings. The summed E-state index contributed by atoms with van der Waals surface area (Å²) in [6.45, 7) is 0. The van der Waals surface area contributed by atoms with Crippen LogP contribution in [0, 0.1) is 0 Å². The van der Waals surface area contributed by atoms with Crippen LogP contribution in [0.2, 0.25) is 0 Å². The molecule has 0 radical (unpaired) electrons. The third-order valence-electron chi connectivity index (χ3n) is 1.27. The Balaban J connectivity index is 3.02. The van der Waals surface area contributed by atoms with E-state index in [2.05, 4.69) is 11.7 Å². The summed E-state index contributed by atoms with van der Waals surface area (Å²) in [5.41, 5.74) is -0.637. The highest BCUT2D eigenvalue weighted by Gasteiger charge is 2.30. The Morgan fingerprint density at radius 1 is 1.25 bits per heavy atom. The van der Waals surface area contributed by atoms with E-state index in [1.165, 1.54) is 6.07 Å². The molecule has 1 aromatic carbocycles. The molecule has 0 atom stereocenters. The van der Waals surface area contributed by atoms with Gasteiger partial charge >= 0.3 is 6.18 Å². The van der Waals surface area contributed by atoms with Gasteiger partial charge in [-0.15, -0.1) is 11.7 Å². The minimum atomic E-state index is -4.26. The number of rotatable bonds is 1. The van der Waals surface area contributed by atoms with Crippen molar-refractivity contribution < 1.29 is 13.2 Å². The second-order valence-electron chi connectivity index (χ2n) is 2.12. The smallest absolute Gasteiger partial charge is 0.166 e. The predicted molar refractivity (Wildman–Crippen MR) is 46.3 cm³/mol. The zero-order chi connectivity index (χ0) is 9.19. The molecule has 0 saturated carbocycles. The minimum absolute atomic E-state index is 0.494. The van der Waals surface area contributed by atoms with Crippen LogP contribution in [0.4, 0.5) is 13.2 Å². The van der Waals surface area contributed by atoms with Gasteiger partial charge in [0.1, 0.15) is 0 Å². The first-order valence-corrected chi connectivity index (χ1v) is 4.89. The lowest BCUT2D eigenvalue weighted by Gasteiger charge is -2.06. The maximum absolute atomic E-state index is 12.1. The van der Waals surface area contributed by atoms with Crippen molar-refractivity contribution in [2.45, 2.75) is 11.1 Å². The van der Waals surface area contributed by atoms with Crippen LogP contribution in [0.25, 0.3) is 0 Å². The average molecular weight is 210 g/mol. The van der Waals surface area contributed by atoms with Crippen molar-refractivity contribution in [1.82, 2.24) is 0 Å². The second-order valence-corrected chi connectivity index (χ2v) is 3.32. The van der Waals surface area contributed by atoms with Gasteiger partial charge in [0.05, 0.1) is 5.56 Å². The van der Waals surface area contributed by atoms with Gasteiger partial charge in [-0.2, -0.15) is 13.2 Å². The van der Waals surface area contributed by atoms with Crippen LogP contribution in [0.3, 0.4) is 0 Å². The normalized spacial score (nSPS) is 11.7. The molecule has 0 aliphatic rings. The first kappa shape index (κ1) is 9.80. The number of hydrogen-bond donors (Lipinski definition) is 1. The number of halogens is 3. The first-order valence-electron chi connectivity index (χ1n) is 3.03. The van der Waals surface area contributed by atoms with E-state index in [1.54, 1.807) is 6.07 Å². The highest BCUT2D eigenvalue weighted by Crippen LogP contribution is 2.32. The van der Waals surface area contributed by atoms with Gasteiger partial charge in [-0.05, 0) is 18.2 Å². The van der Waals surface area contributed by atoms with Crippen molar-refractivity contribution in [1.29, 1.82) is 0 Å². The summed E-state index contributed by atoms with van der Waals surface area (Å²) >= 11 is 3.80. The van der Waals surface area contributed by atoms with Crippen molar-refractivity contribution in [2.24, 2.45) is 0 Å². The van der Waals surface area contributed by atoms with Crippen LogP contribution >= 0.6 is 22.5 Å². The highest BCUT2D eigenvalue weighted by molar-refractivity contribution is 8.68. The maximum Gasteiger partial charge on any atom is 0.416 e. The van der Waals surface area contributed by atoms with E-state index in [0.29, 0.717) is 4.90 Å². The van der Waals surface area contributed by atoms with Crippen LogP contribution in [0.5, 0.6) is 0 Å². The van der Waals surface area contributed by atoms with E-state index in [1.807, 2.05) is 0 Å². The molecule has 0 aliphatic carbocycles. The van der Waals surface area contributed by atoms with Crippen molar-refractivity contribution in [2.75, 3.05) is 0 Å². The van der Waals surface area contributed by atoms with Crippen LogP contribution < -0.4 is 0 Å². The van der Waals surface area contributed by atoms with Gasteiger partial charge in [0.15, 0.2) is 0 Å². The van der Waals surface area contributed by atoms with Gasteiger partial charge in [-0.25, -0.2) is 0 Å². The van der Waals surface area contributed by atoms with Crippen LogP contribution in [0.1, 0.15) is 5.56 Å². The largest absolute Gasteiger partial charge is 0.416 e. The lowest BCUT2D eigenvalue weighted by molar-refractivity contribution is -0.137. The monoisotopic (exact) mass is 210 g/mol. The van der Waals surface area contributed by atoms with Crippen LogP contribution in [-0.4, -0.2) is 0 Å². The molecule has 0 nitrogen and oxygen atoms in total. The Morgan fingerprint density at radius 2 is 1.92 bits per heavy atom. The summed E-state index contributed by atoms with van der Waals surface area (Å²) in [5, 5.41) is 0. The van der Waals surface area contributed by atoms with Gasteiger partial charge in [0, 0.05) is 4.90 Å². The predicted octanol–water partition coefficient (Wildman–Crippen LogP) is 3.64. The van der Waals surface area contributed by atoms with E-state index < -0.39 is 11.7 Å². The molecule has 0 spiro atoms. The third-order valence-corrected chi connectivity index (χ3v) is 2.36. The summed E-state index contributed by atoms with van der Waals surface area (Å²) in [7, 11) is 0.994. The molecule has 66 valence electrons. The Hall–Kier alpha value is -0.290. The molecular weight excluding hydrogens is 205 g/mol. The summed E-state index contributed by atoms with van der Waals surface area (Å²) in [4.78, 5) is 0.494. The van der Waals surface area contributed by atoms with Crippen molar-refractivity contribution >= 4 is 22.5 Å². The quantitative estimate of drug-likeness (QED) is 0.545. The van der Waals surface area contributed by atoms with E-state index in [4.69, 9.17) is 0 Å². The molecule has 0 saturated heterocycles. The van der Waals surface area contributed by atoms with E-state index in [0.717, 1.165) is 22.9 Å². The molecule has 1 rings (SSSR count). The van der Waals surface area contributed by atoms with Gasteiger partial charge in [-0.1, -0.05) is 16.9 Å². The fourth-order valence-corrected chi connectivity index (χ4v) is 1.39. The number of thiol groups is 1. The molecule has 0 aromatic heterocycles. The summed E-state index contributed by atoms with van der Waals surface area (Å²) < 4.78 is 36.2. The zero-order valence-corrected chi connectivity index (χ0v) is 7.51. The van der Waals surface area contributed by atoms with E-state index in [-0.39, 0.29) is 0 Å². The molecule has 12 heavy (non-hydrogen) atoms. The zero-order valence-electron chi connectivity index (χ0n) is 5.80. The number of hydrogen-bond acceptors (Lipinski definition) is 2. The lowest BCUT2D eigenvalue weighted by Crippen LogP contribution is -2.04. The SMILES string of the molecule is FC(F)(F)c1cccc(SS)c1. The summed E-state index contributed by atoms with van der Waals surface area (Å²) in [6.07, 6.45) is -4.26. The standard InChI is InChI=1S/C7H5F3S2/c8-7(9,10)5-2-1-3-6(4-5)12-11/h1-4,11H. The minimum Gasteiger partial charge on any atom is -0.166 e. The first-order chi connectivity index (χ1) is 5.54. The van der Waals surface area contributed by atoms with Gasteiger partial charge in [0.2, 0.25) is 0 Å². The molecule has 0 aliphatic heterocycles. The molecule has 5 heteroatoms. The number of benzene rings is 1. The molecule has 0 bridgehead atoms. The third kappa shape index (κ3) is 2.35. The molecule has 0 amide bonds. The van der Waals surface area contributed by atoms with Crippen molar-refractivity contribution in [3.63, 3.8) is 0 Å². The molecule has 0 N–H and O–H groups in total. The van der Waals surface area contributed by atoms with E-state index >= 15 is 0 Å². The summed E-state index contributed by atoms with van der Waals surface area (Å²) in [5.74, 6) is 0. The van der Waals surface area contributed by atoms with Gasteiger partial charge < -0.3 is 0 Å². The summed E-state index contributed by atoms with van der Waals surface area (Å²) in [6, 6.07) is 5.04. The Labute approximate surface area is 77.0 Å². The van der Waals surface area contributed by atoms with Gasteiger partial charge in [-0.3, -0.25) is 0 Å².